The first kappa shape index (κ1) is 23.4. The Hall–Kier alpha value is -3.78. The minimum atomic E-state index is -0.737. The average molecular weight is 456 g/mol. The molecule has 1 aliphatic heterocycles. The van der Waals surface area contributed by atoms with Crippen LogP contribution in [0.25, 0.3) is 0 Å². The Kier molecular flexibility index (Phi) is 7.49. The predicted molar refractivity (Wildman–Crippen MR) is 130 cm³/mol. The van der Waals surface area contributed by atoms with E-state index in [9.17, 15) is 9.59 Å². The zero-order chi connectivity index (χ0) is 23.9. The summed E-state index contributed by atoms with van der Waals surface area (Å²) in [6, 6.07) is 19.1. The van der Waals surface area contributed by atoms with Crippen molar-refractivity contribution < 1.29 is 19.1 Å². The van der Waals surface area contributed by atoms with Gasteiger partial charge in [0, 0.05) is 17.0 Å². The number of allylic oxidation sites excluding steroid dienone is 2. The highest BCUT2D eigenvalue weighted by atomic mass is 16.5. The van der Waals surface area contributed by atoms with Gasteiger partial charge in [0.1, 0.15) is 6.61 Å². The van der Waals surface area contributed by atoms with Crippen molar-refractivity contribution >= 4 is 11.9 Å². The van der Waals surface area contributed by atoms with Crippen LogP contribution >= 0.6 is 0 Å². The van der Waals surface area contributed by atoms with Gasteiger partial charge in [-0.05, 0) is 50.3 Å². The van der Waals surface area contributed by atoms with Gasteiger partial charge in [-0.2, -0.15) is 0 Å². The highest BCUT2D eigenvalue weighted by Crippen LogP contribution is 2.40. The van der Waals surface area contributed by atoms with Crippen molar-refractivity contribution in [1.82, 2.24) is 5.32 Å². The van der Waals surface area contributed by atoms with Gasteiger partial charge in [-0.25, -0.2) is 9.59 Å². The van der Waals surface area contributed by atoms with Crippen molar-refractivity contribution in [3.63, 3.8) is 0 Å². The van der Waals surface area contributed by atoms with Gasteiger partial charge < -0.3 is 14.8 Å². The van der Waals surface area contributed by atoms with Crippen molar-refractivity contribution in [2.75, 3.05) is 6.61 Å². The molecule has 0 unspecified atom stereocenters. The smallest absolute Gasteiger partial charge is 0.337 e. The van der Waals surface area contributed by atoms with Crippen LogP contribution in [0, 0.1) is 23.7 Å². The Bertz CT molecular complexity index is 1160. The molecular formula is C29H29NO4. The van der Waals surface area contributed by atoms with Gasteiger partial charge >= 0.3 is 11.9 Å². The molecular weight excluding hydrogens is 426 g/mol. The highest BCUT2D eigenvalue weighted by molar-refractivity contribution is 5.99. The molecule has 1 saturated carbocycles. The summed E-state index contributed by atoms with van der Waals surface area (Å²) in [6.07, 6.45) is 3.08. The van der Waals surface area contributed by atoms with Gasteiger partial charge in [-0.1, -0.05) is 66.8 Å². The zero-order valence-electron chi connectivity index (χ0n) is 19.6. The molecule has 5 heteroatoms. The molecule has 1 atom stereocenters. The Morgan fingerprint density at radius 3 is 2.21 bits per heavy atom. The Morgan fingerprint density at radius 2 is 1.59 bits per heavy atom. The summed E-state index contributed by atoms with van der Waals surface area (Å²) in [5.41, 5.74) is 3.98. The summed E-state index contributed by atoms with van der Waals surface area (Å²) >= 11 is 0. The normalized spacial score (nSPS) is 17.8. The summed E-state index contributed by atoms with van der Waals surface area (Å²) in [6.45, 7) is 3.99. The van der Waals surface area contributed by atoms with Crippen molar-refractivity contribution in [3.8, 4) is 11.8 Å². The SMILES string of the molecule is CCOC(=O)C1=C(C)NC(C2CCC2)=C(C(=O)OCc2ccccc2)[C@H]1C#Cc1ccccc1. The van der Waals surface area contributed by atoms with Crippen LogP contribution in [0.4, 0.5) is 0 Å². The van der Waals surface area contributed by atoms with E-state index in [0.29, 0.717) is 16.8 Å². The van der Waals surface area contributed by atoms with E-state index in [1.54, 1.807) is 6.92 Å². The fourth-order valence-electron chi connectivity index (χ4n) is 4.20. The summed E-state index contributed by atoms with van der Waals surface area (Å²) in [5, 5.41) is 3.35. The molecule has 2 aliphatic rings. The third kappa shape index (κ3) is 5.23. The number of nitrogens with one attached hydrogen (secondary N) is 1. The van der Waals surface area contributed by atoms with Gasteiger partial charge in [0.05, 0.1) is 23.7 Å². The first-order valence-corrected chi connectivity index (χ1v) is 11.7. The van der Waals surface area contributed by atoms with E-state index in [-0.39, 0.29) is 19.1 Å². The number of ether oxygens (including phenoxy) is 2. The molecule has 5 nitrogen and oxygen atoms in total. The van der Waals surface area contributed by atoms with E-state index < -0.39 is 17.9 Å². The highest BCUT2D eigenvalue weighted by Gasteiger charge is 2.40. The van der Waals surface area contributed by atoms with E-state index in [0.717, 1.165) is 36.1 Å². The van der Waals surface area contributed by atoms with Crippen LogP contribution in [0.15, 0.2) is 83.2 Å². The second-order valence-corrected chi connectivity index (χ2v) is 8.47. The second-order valence-electron chi connectivity index (χ2n) is 8.47. The molecule has 4 rings (SSSR count). The minimum absolute atomic E-state index is 0.150. The number of carbonyl (C=O) groups excluding carboxylic acids is 2. The van der Waals surface area contributed by atoms with Crippen molar-refractivity contribution in [2.24, 2.45) is 11.8 Å². The molecule has 0 spiro atoms. The molecule has 174 valence electrons. The molecule has 1 fully saturated rings. The molecule has 1 N–H and O–H groups in total. The summed E-state index contributed by atoms with van der Waals surface area (Å²) in [5.74, 6) is 4.92. The fraction of sp³-hybridized carbons (Fsp3) is 0.310. The van der Waals surface area contributed by atoms with E-state index in [1.807, 2.05) is 67.6 Å². The lowest BCUT2D eigenvalue weighted by atomic mass is 9.75. The minimum Gasteiger partial charge on any atom is -0.463 e. The lowest BCUT2D eigenvalue weighted by Gasteiger charge is -2.36. The van der Waals surface area contributed by atoms with Crippen LogP contribution in [0.3, 0.4) is 0 Å². The maximum absolute atomic E-state index is 13.5. The zero-order valence-corrected chi connectivity index (χ0v) is 19.6. The van der Waals surface area contributed by atoms with Crippen molar-refractivity contribution in [3.05, 3.63) is 94.3 Å². The lowest BCUT2D eigenvalue weighted by Crippen LogP contribution is -2.37. The van der Waals surface area contributed by atoms with Gasteiger partial charge in [0.2, 0.25) is 0 Å². The summed E-state index contributed by atoms with van der Waals surface area (Å²) in [4.78, 5) is 26.5. The number of carbonyl (C=O) groups is 2. The number of dihydropyridines is 1. The third-order valence-electron chi connectivity index (χ3n) is 6.17. The van der Waals surface area contributed by atoms with E-state index >= 15 is 0 Å². The fourth-order valence-corrected chi connectivity index (χ4v) is 4.20. The van der Waals surface area contributed by atoms with Crippen LogP contribution in [0.2, 0.25) is 0 Å². The molecule has 0 saturated heterocycles. The van der Waals surface area contributed by atoms with Crippen LogP contribution in [-0.2, 0) is 25.7 Å². The number of esters is 2. The number of benzene rings is 2. The first-order valence-electron chi connectivity index (χ1n) is 11.7. The topological polar surface area (TPSA) is 64.6 Å². The number of hydrogen-bond donors (Lipinski definition) is 1. The molecule has 0 radical (unpaired) electrons. The van der Waals surface area contributed by atoms with Gasteiger partial charge in [0.15, 0.2) is 0 Å². The quantitative estimate of drug-likeness (QED) is 0.496. The van der Waals surface area contributed by atoms with Gasteiger partial charge in [0.25, 0.3) is 0 Å². The number of hydrogen-bond acceptors (Lipinski definition) is 5. The summed E-state index contributed by atoms with van der Waals surface area (Å²) < 4.78 is 11.1. The largest absolute Gasteiger partial charge is 0.463 e. The van der Waals surface area contributed by atoms with E-state index in [4.69, 9.17) is 9.47 Å². The van der Waals surface area contributed by atoms with Crippen LogP contribution in [0.1, 0.15) is 44.2 Å². The predicted octanol–water partition coefficient (Wildman–Crippen LogP) is 4.89. The van der Waals surface area contributed by atoms with Gasteiger partial charge in [-0.15, -0.1) is 0 Å². The average Bonchev–Trinajstić information content (AvgIpc) is 2.81. The molecule has 1 heterocycles. The Morgan fingerprint density at radius 1 is 0.941 bits per heavy atom. The molecule has 0 bridgehead atoms. The number of rotatable bonds is 6. The third-order valence-corrected chi connectivity index (χ3v) is 6.17. The molecule has 0 amide bonds. The Labute approximate surface area is 200 Å². The molecule has 2 aromatic carbocycles. The maximum Gasteiger partial charge on any atom is 0.337 e. The standard InChI is InChI=1S/C29H29NO4/c1-3-33-28(31)25-20(2)30-27(23-15-10-16-23)26(24(25)18-17-21-11-6-4-7-12-21)29(32)34-19-22-13-8-5-9-14-22/h4-9,11-14,23-24,30H,3,10,15-16,19H2,1-2H3/t24-/m0/s1. The Balaban J connectivity index is 1.74. The molecule has 0 aromatic heterocycles. The monoisotopic (exact) mass is 455 g/mol. The lowest BCUT2D eigenvalue weighted by molar-refractivity contribution is -0.141. The van der Waals surface area contributed by atoms with Crippen molar-refractivity contribution in [1.29, 1.82) is 0 Å². The van der Waals surface area contributed by atoms with Crippen molar-refractivity contribution in [2.45, 2.75) is 39.7 Å². The second kappa shape index (κ2) is 10.9. The molecule has 2 aromatic rings. The van der Waals surface area contributed by atoms with E-state index in [1.165, 1.54) is 0 Å². The van der Waals surface area contributed by atoms with Crippen LogP contribution in [-0.4, -0.2) is 18.5 Å². The first-order chi connectivity index (χ1) is 16.6. The van der Waals surface area contributed by atoms with E-state index in [2.05, 4.69) is 17.2 Å². The maximum atomic E-state index is 13.5. The molecule has 34 heavy (non-hydrogen) atoms. The van der Waals surface area contributed by atoms with Crippen LogP contribution < -0.4 is 5.32 Å². The molecule has 1 aliphatic carbocycles. The summed E-state index contributed by atoms with van der Waals surface area (Å²) in [7, 11) is 0. The van der Waals surface area contributed by atoms with Gasteiger partial charge in [-0.3, -0.25) is 0 Å². The van der Waals surface area contributed by atoms with Crippen LogP contribution in [0.5, 0.6) is 0 Å².